The summed E-state index contributed by atoms with van der Waals surface area (Å²) in [4.78, 5) is 0.0762. The van der Waals surface area contributed by atoms with E-state index in [0.717, 1.165) is 6.07 Å². The van der Waals surface area contributed by atoms with Gasteiger partial charge in [-0.2, -0.15) is 4.31 Å². The molecule has 1 saturated heterocycles. The molecule has 0 radical (unpaired) electrons. The third-order valence-corrected chi connectivity index (χ3v) is 5.69. The van der Waals surface area contributed by atoms with Gasteiger partial charge in [-0.1, -0.05) is 0 Å². The maximum Gasteiger partial charge on any atom is 0.243 e. The highest BCUT2D eigenvalue weighted by Gasteiger charge is 2.30. The molecule has 1 aliphatic heterocycles. The second-order valence-corrected chi connectivity index (χ2v) is 6.88. The molecule has 0 aromatic heterocycles. The average Bonchev–Trinajstić information content (AvgIpc) is 2.42. The van der Waals surface area contributed by atoms with Gasteiger partial charge in [0.05, 0.1) is 16.7 Å². The van der Waals surface area contributed by atoms with E-state index in [1.54, 1.807) is 14.0 Å². The maximum atomic E-state index is 13.3. The number of anilines is 1. The van der Waals surface area contributed by atoms with Gasteiger partial charge < -0.3 is 10.5 Å². The molecule has 112 valence electrons. The molecular formula is C13H19FN2O3S. The molecule has 1 aliphatic rings. The van der Waals surface area contributed by atoms with E-state index in [1.807, 2.05) is 0 Å². The largest absolute Gasteiger partial charge is 0.396 e. The van der Waals surface area contributed by atoms with E-state index < -0.39 is 15.8 Å². The molecule has 1 aromatic rings. The van der Waals surface area contributed by atoms with E-state index in [4.69, 9.17) is 10.5 Å². The third-order valence-electron chi connectivity index (χ3n) is 3.65. The van der Waals surface area contributed by atoms with Gasteiger partial charge in [0, 0.05) is 20.2 Å². The number of methoxy groups -OCH3 is 1. The van der Waals surface area contributed by atoms with Gasteiger partial charge in [-0.15, -0.1) is 0 Å². The number of rotatable bonds is 3. The minimum atomic E-state index is -3.63. The van der Waals surface area contributed by atoms with Crippen LogP contribution in [0.4, 0.5) is 10.1 Å². The fraction of sp³-hybridized carbons (Fsp3) is 0.538. The van der Waals surface area contributed by atoms with Crippen LogP contribution in [0.15, 0.2) is 17.0 Å². The fourth-order valence-corrected chi connectivity index (χ4v) is 4.11. The normalized spacial score (nSPS) is 18.4. The Morgan fingerprint density at radius 1 is 1.35 bits per heavy atom. The maximum absolute atomic E-state index is 13.3. The number of nitrogens with zero attached hydrogens (tertiary/aromatic N) is 1. The Kier molecular flexibility index (Phi) is 4.31. The van der Waals surface area contributed by atoms with Crippen molar-refractivity contribution in [2.24, 2.45) is 0 Å². The van der Waals surface area contributed by atoms with E-state index in [0.29, 0.717) is 31.5 Å². The SMILES string of the molecule is COC1CCN(S(=O)(=O)c2cc(N)c(F)cc2C)CC1. The number of sulfonamides is 1. The lowest BCUT2D eigenvalue weighted by atomic mass is 10.1. The van der Waals surface area contributed by atoms with Crippen LogP contribution < -0.4 is 5.73 Å². The smallest absolute Gasteiger partial charge is 0.243 e. The van der Waals surface area contributed by atoms with Crippen molar-refractivity contribution < 1.29 is 17.5 Å². The summed E-state index contributed by atoms with van der Waals surface area (Å²) in [5, 5.41) is 0. The van der Waals surface area contributed by atoms with Gasteiger partial charge in [-0.25, -0.2) is 12.8 Å². The minimum absolute atomic E-state index is 0.0762. The molecule has 0 amide bonds. The van der Waals surface area contributed by atoms with Crippen molar-refractivity contribution in [2.75, 3.05) is 25.9 Å². The number of aryl methyl sites for hydroxylation is 1. The van der Waals surface area contributed by atoms with Crippen molar-refractivity contribution in [3.05, 3.63) is 23.5 Å². The lowest BCUT2D eigenvalue weighted by molar-refractivity contribution is 0.0604. The minimum Gasteiger partial charge on any atom is -0.396 e. The van der Waals surface area contributed by atoms with Crippen LogP contribution >= 0.6 is 0 Å². The standard InChI is InChI=1S/C13H19FN2O3S/c1-9-7-11(14)12(15)8-13(9)20(17,18)16-5-3-10(19-2)4-6-16/h7-8,10H,3-6,15H2,1-2H3. The molecule has 20 heavy (non-hydrogen) atoms. The summed E-state index contributed by atoms with van der Waals surface area (Å²) in [6, 6.07) is 2.35. The Morgan fingerprint density at radius 2 is 1.95 bits per heavy atom. The zero-order valence-electron chi connectivity index (χ0n) is 11.6. The number of nitrogen functional groups attached to an aromatic ring is 1. The third kappa shape index (κ3) is 2.79. The highest BCUT2D eigenvalue weighted by molar-refractivity contribution is 7.89. The second-order valence-electron chi connectivity index (χ2n) is 4.98. The molecule has 1 heterocycles. The van der Waals surface area contributed by atoms with Crippen LogP contribution in [0.3, 0.4) is 0 Å². The van der Waals surface area contributed by atoms with Crippen LogP contribution in [-0.4, -0.2) is 39.0 Å². The molecule has 1 aromatic carbocycles. The predicted octanol–water partition coefficient (Wildman–Crippen LogP) is 1.52. The van der Waals surface area contributed by atoms with Crippen molar-refractivity contribution in [2.45, 2.75) is 30.8 Å². The van der Waals surface area contributed by atoms with Crippen LogP contribution in [0.1, 0.15) is 18.4 Å². The molecule has 2 N–H and O–H groups in total. The first-order chi connectivity index (χ1) is 9.36. The molecule has 1 fully saturated rings. The summed E-state index contributed by atoms with van der Waals surface area (Å²) in [5.41, 5.74) is 5.70. The Bertz CT molecular complexity index is 596. The number of halogens is 1. The van der Waals surface area contributed by atoms with Gasteiger partial charge in [0.1, 0.15) is 5.82 Å². The van der Waals surface area contributed by atoms with Crippen molar-refractivity contribution in [1.29, 1.82) is 0 Å². The summed E-state index contributed by atoms with van der Waals surface area (Å²) in [6.45, 7) is 2.37. The Morgan fingerprint density at radius 3 is 2.50 bits per heavy atom. The first-order valence-corrected chi connectivity index (χ1v) is 7.89. The molecule has 7 heteroatoms. The molecule has 0 unspecified atom stereocenters. The van der Waals surface area contributed by atoms with Crippen molar-refractivity contribution in [1.82, 2.24) is 4.31 Å². The van der Waals surface area contributed by atoms with Gasteiger partial charge >= 0.3 is 0 Å². The quantitative estimate of drug-likeness (QED) is 0.859. The Balaban J connectivity index is 2.30. The summed E-state index contributed by atoms with van der Waals surface area (Å²) >= 11 is 0. The molecule has 5 nitrogen and oxygen atoms in total. The average molecular weight is 302 g/mol. The van der Waals surface area contributed by atoms with Gasteiger partial charge in [0.25, 0.3) is 0 Å². The van der Waals surface area contributed by atoms with Gasteiger partial charge in [-0.05, 0) is 37.5 Å². The topological polar surface area (TPSA) is 72.6 Å². The van der Waals surface area contributed by atoms with Crippen LogP contribution in [0, 0.1) is 12.7 Å². The predicted molar refractivity (Wildman–Crippen MR) is 74.3 cm³/mol. The van der Waals surface area contributed by atoms with Crippen LogP contribution in [0.5, 0.6) is 0 Å². The number of piperidine rings is 1. The molecule has 2 rings (SSSR count). The van der Waals surface area contributed by atoms with Crippen molar-refractivity contribution in [3.8, 4) is 0 Å². The van der Waals surface area contributed by atoms with Gasteiger partial charge in [0.15, 0.2) is 0 Å². The van der Waals surface area contributed by atoms with Gasteiger partial charge in [-0.3, -0.25) is 0 Å². The second kappa shape index (κ2) is 5.67. The van der Waals surface area contributed by atoms with Crippen molar-refractivity contribution >= 4 is 15.7 Å². The van der Waals surface area contributed by atoms with E-state index in [-0.39, 0.29) is 16.7 Å². The van der Waals surface area contributed by atoms with E-state index in [1.165, 1.54) is 10.4 Å². The first-order valence-electron chi connectivity index (χ1n) is 6.45. The number of ether oxygens (including phenoxy) is 1. The number of hydrogen-bond acceptors (Lipinski definition) is 4. The Labute approximate surface area is 118 Å². The molecule has 0 aliphatic carbocycles. The van der Waals surface area contributed by atoms with Gasteiger partial charge in [0.2, 0.25) is 10.0 Å². The number of nitrogens with two attached hydrogens (primary N) is 1. The molecular weight excluding hydrogens is 283 g/mol. The first kappa shape index (κ1) is 15.2. The zero-order valence-corrected chi connectivity index (χ0v) is 12.4. The highest BCUT2D eigenvalue weighted by atomic mass is 32.2. The molecule has 0 bridgehead atoms. The van der Waals surface area contributed by atoms with Crippen LogP contribution in [0.25, 0.3) is 0 Å². The lowest BCUT2D eigenvalue weighted by Gasteiger charge is -2.30. The van der Waals surface area contributed by atoms with E-state index in [9.17, 15) is 12.8 Å². The summed E-state index contributed by atoms with van der Waals surface area (Å²) in [6.07, 6.45) is 1.41. The summed E-state index contributed by atoms with van der Waals surface area (Å²) in [7, 11) is -2.01. The Hall–Kier alpha value is -1.18. The van der Waals surface area contributed by atoms with Crippen molar-refractivity contribution in [3.63, 3.8) is 0 Å². The van der Waals surface area contributed by atoms with Crippen LogP contribution in [-0.2, 0) is 14.8 Å². The molecule has 0 saturated carbocycles. The lowest BCUT2D eigenvalue weighted by Crippen LogP contribution is -2.40. The van der Waals surface area contributed by atoms with Crippen LogP contribution in [0.2, 0.25) is 0 Å². The zero-order chi connectivity index (χ0) is 14.9. The monoisotopic (exact) mass is 302 g/mol. The van der Waals surface area contributed by atoms with E-state index >= 15 is 0 Å². The highest BCUT2D eigenvalue weighted by Crippen LogP contribution is 2.27. The summed E-state index contributed by atoms with van der Waals surface area (Å²) < 4.78 is 45.1. The summed E-state index contributed by atoms with van der Waals surface area (Å²) in [5.74, 6) is -0.598. The number of hydrogen-bond donors (Lipinski definition) is 1. The fourth-order valence-electron chi connectivity index (χ4n) is 2.39. The van der Waals surface area contributed by atoms with E-state index in [2.05, 4.69) is 0 Å². The molecule has 0 spiro atoms. The number of benzene rings is 1. The molecule has 0 atom stereocenters.